The highest BCUT2D eigenvalue weighted by Gasteiger charge is 2.09. The summed E-state index contributed by atoms with van der Waals surface area (Å²) in [5.74, 6) is 0.726. The minimum absolute atomic E-state index is 0.726. The van der Waals surface area contributed by atoms with E-state index in [0.29, 0.717) is 0 Å². The number of rotatable bonds is 6. The van der Waals surface area contributed by atoms with E-state index in [1.165, 1.54) is 38.9 Å². The van der Waals surface area contributed by atoms with Crippen molar-refractivity contribution in [2.24, 2.45) is 0 Å². The molecule has 0 radical (unpaired) electrons. The van der Waals surface area contributed by atoms with Crippen molar-refractivity contribution in [3.63, 3.8) is 0 Å². The second-order valence-electron chi connectivity index (χ2n) is 3.34. The Bertz CT molecular complexity index is 103. The fraction of sp³-hybridized carbons (Fsp3) is 1.00. The van der Waals surface area contributed by atoms with Crippen LogP contribution in [0, 0.1) is 0 Å². The molecule has 0 saturated carbocycles. The largest absolute Gasteiger partial charge is 0.315 e. The Balaban J connectivity index is 1.81. The average Bonchev–Trinajstić information content (AvgIpc) is 2.57. The molecule has 0 atom stereocenters. The Morgan fingerprint density at radius 3 is 2.58 bits per heavy atom. The quantitative estimate of drug-likeness (QED) is 0.502. The molecule has 0 bridgehead atoms. The summed E-state index contributed by atoms with van der Waals surface area (Å²) in [6.07, 6.45) is 4.06. The Hall–Kier alpha value is 0.210. The summed E-state index contributed by atoms with van der Waals surface area (Å²) in [4.78, 5) is 2.54. The second kappa shape index (κ2) is 6.70. The van der Waals surface area contributed by atoms with E-state index >= 15 is 0 Å². The molecular formula is C9H19ClN2. The highest BCUT2D eigenvalue weighted by atomic mass is 35.5. The first kappa shape index (κ1) is 10.3. The molecule has 0 unspecified atom stereocenters. The van der Waals surface area contributed by atoms with Crippen molar-refractivity contribution in [3.8, 4) is 0 Å². The lowest BCUT2D eigenvalue weighted by Crippen LogP contribution is -2.25. The van der Waals surface area contributed by atoms with Crippen LogP contribution in [0.15, 0.2) is 0 Å². The van der Waals surface area contributed by atoms with Crippen LogP contribution in [0.1, 0.15) is 19.3 Å². The zero-order valence-corrected chi connectivity index (χ0v) is 8.45. The maximum atomic E-state index is 5.53. The first-order valence-electron chi connectivity index (χ1n) is 4.92. The van der Waals surface area contributed by atoms with E-state index in [9.17, 15) is 0 Å². The van der Waals surface area contributed by atoms with Crippen molar-refractivity contribution < 1.29 is 0 Å². The van der Waals surface area contributed by atoms with Crippen LogP contribution in [0.2, 0.25) is 0 Å². The Labute approximate surface area is 80.3 Å². The first-order valence-corrected chi connectivity index (χ1v) is 5.46. The maximum Gasteiger partial charge on any atom is 0.0348 e. The molecule has 0 aromatic carbocycles. The van der Waals surface area contributed by atoms with Gasteiger partial charge in [0.05, 0.1) is 0 Å². The van der Waals surface area contributed by atoms with Crippen LogP contribution in [0.3, 0.4) is 0 Å². The predicted molar refractivity (Wildman–Crippen MR) is 53.9 cm³/mol. The van der Waals surface area contributed by atoms with Gasteiger partial charge >= 0.3 is 0 Å². The molecule has 1 aliphatic heterocycles. The summed E-state index contributed by atoms with van der Waals surface area (Å²) in [5.41, 5.74) is 0. The van der Waals surface area contributed by atoms with E-state index in [2.05, 4.69) is 10.2 Å². The summed E-state index contributed by atoms with van der Waals surface area (Å²) < 4.78 is 0. The molecule has 1 fully saturated rings. The molecule has 1 rings (SSSR count). The molecule has 0 aromatic rings. The molecule has 72 valence electrons. The van der Waals surface area contributed by atoms with Gasteiger partial charge in [-0.25, -0.2) is 0 Å². The Morgan fingerprint density at radius 1 is 1.17 bits per heavy atom. The van der Waals surface area contributed by atoms with E-state index in [-0.39, 0.29) is 0 Å². The molecule has 0 aromatic heterocycles. The zero-order chi connectivity index (χ0) is 8.65. The van der Waals surface area contributed by atoms with Crippen molar-refractivity contribution in [1.82, 2.24) is 10.2 Å². The molecule has 1 aliphatic rings. The average molecular weight is 191 g/mol. The minimum Gasteiger partial charge on any atom is -0.315 e. The standard InChI is InChI=1S/C9H19ClN2/c10-4-6-11-5-3-9-12-7-1-2-8-12/h11H,1-9H2. The fourth-order valence-electron chi connectivity index (χ4n) is 1.63. The third-order valence-electron chi connectivity index (χ3n) is 2.30. The van der Waals surface area contributed by atoms with Gasteiger partial charge in [-0.2, -0.15) is 0 Å². The van der Waals surface area contributed by atoms with Crippen molar-refractivity contribution in [2.45, 2.75) is 19.3 Å². The van der Waals surface area contributed by atoms with Gasteiger partial charge < -0.3 is 10.2 Å². The number of halogens is 1. The van der Waals surface area contributed by atoms with Crippen LogP contribution >= 0.6 is 11.6 Å². The van der Waals surface area contributed by atoms with E-state index in [1.807, 2.05) is 0 Å². The summed E-state index contributed by atoms with van der Waals surface area (Å²) in [6.45, 7) is 5.95. The van der Waals surface area contributed by atoms with Gasteiger partial charge in [-0.1, -0.05) is 0 Å². The fourth-order valence-corrected chi connectivity index (χ4v) is 1.76. The van der Waals surface area contributed by atoms with Crippen LogP contribution in [0.5, 0.6) is 0 Å². The van der Waals surface area contributed by atoms with E-state index in [0.717, 1.165) is 19.0 Å². The van der Waals surface area contributed by atoms with Crippen LogP contribution in [0.25, 0.3) is 0 Å². The molecule has 1 saturated heterocycles. The summed E-state index contributed by atoms with van der Waals surface area (Å²) >= 11 is 5.53. The van der Waals surface area contributed by atoms with Gasteiger partial charge in [0.25, 0.3) is 0 Å². The third kappa shape index (κ3) is 4.29. The lowest BCUT2D eigenvalue weighted by atomic mass is 10.4. The van der Waals surface area contributed by atoms with Gasteiger partial charge in [0, 0.05) is 12.4 Å². The third-order valence-corrected chi connectivity index (χ3v) is 2.49. The van der Waals surface area contributed by atoms with Crippen molar-refractivity contribution >= 4 is 11.6 Å². The summed E-state index contributed by atoms with van der Waals surface area (Å²) in [5, 5.41) is 3.30. The SMILES string of the molecule is ClCCNCCCN1CCCC1. The first-order chi connectivity index (χ1) is 5.93. The lowest BCUT2D eigenvalue weighted by Gasteiger charge is -2.13. The highest BCUT2D eigenvalue weighted by Crippen LogP contribution is 2.06. The lowest BCUT2D eigenvalue weighted by molar-refractivity contribution is 0.331. The van der Waals surface area contributed by atoms with Crippen LogP contribution in [-0.2, 0) is 0 Å². The number of hydrogen-bond acceptors (Lipinski definition) is 2. The molecule has 1 heterocycles. The van der Waals surface area contributed by atoms with Crippen LogP contribution in [0.4, 0.5) is 0 Å². The topological polar surface area (TPSA) is 15.3 Å². The summed E-state index contributed by atoms with van der Waals surface area (Å²) in [6, 6.07) is 0. The van der Waals surface area contributed by atoms with Gasteiger partial charge in [0.15, 0.2) is 0 Å². The number of nitrogens with one attached hydrogen (secondary N) is 1. The molecule has 3 heteroatoms. The monoisotopic (exact) mass is 190 g/mol. The van der Waals surface area contributed by atoms with Gasteiger partial charge in [0.2, 0.25) is 0 Å². The van der Waals surface area contributed by atoms with Gasteiger partial charge in [-0.15, -0.1) is 11.6 Å². The van der Waals surface area contributed by atoms with Crippen molar-refractivity contribution in [3.05, 3.63) is 0 Å². The van der Waals surface area contributed by atoms with Crippen LogP contribution < -0.4 is 5.32 Å². The number of alkyl halides is 1. The normalized spacial score (nSPS) is 18.8. The highest BCUT2D eigenvalue weighted by molar-refractivity contribution is 6.18. The molecular weight excluding hydrogens is 172 g/mol. The summed E-state index contributed by atoms with van der Waals surface area (Å²) in [7, 11) is 0. The predicted octanol–water partition coefficient (Wildman–Crippen LogP) is 1.30. The van der Waals surface area contributed by atoms with Gasteiger partial charge in [-0.3, -0.25) is 0 Å². The maximum absolute atomic E-state index is 5.53. The van der Waals surface area contributed by atoms with Crippen molar-refractivity contribution in [2.75, 3.05) is 38.6 Å². The van der Waals surface area contributed by atoms with Gasteiger partial charge in [-0.05, 0) is 45.4 Å². The zero-order valence-electron chi connectivity index (χ0n) is 7.69. The smallest absolute Gasteiger partial charge is 0.0348 e. The Kier molecular flexibility index (Phi) is 5.74. The molecule has 0 aliphatic carbocycles. The number of nitrogens with zero attached hydrogens (tertiary/aromatic N) is 1. The van der Waals surface area contributed by atoms with Gasteiger partial charge in [0.1, 0.15) is 0 Å². The second-order valence-corrected chi connectivity index (χ2v) is 3.72. The van der Waals surface area contributed by atoms with E-state index in [1.54, 1.807) is 0 Å². The molecule has 2 nitrogen and oxygen atoms in total. The van der Waals surface area contributed by atoms with E-state index in [4.69, 9.17) is 11.6 Å². The van der Waals surface area contributed by atoms with Crippen molar-refractivity contribution in [1.29, 1.82) is 0 Å². The number of likely N-dealkylation sites (tertiary alicyclic amines) is 1. The van der Waals surface area contributed by atoms with E-state index < -0.39 is 0 Å². The molecule has 12 heavy (non-hydrogen) atoms. The van der Waals surface area contributed by atoms with Crippen LogP contribution in [-0.4, -0.2) is 43.5 Å². The number of hydrogen-bond donors (Lipinski definition) is 1. The Morgan fingerprint density at radius 2 is 1.92 bits per heavy atom. The molecule has 1 N–H and O–H groups in total. The minimum atomic E-state index is 0.726. The molecule has 0 spiro atoms. The molecule has 0 amide bonds.